The Labute approximate surface area is 95.3 Å². The van der Waals surface area contributed by atoms with E-state index in [2.05, 4.69) is 5.32 Å². The van der Waals surface area contributed by atoms with Crippen molar-refractivity contribution in [1.29, 1.82) is 0 Å². The average molecular weight is 222 g/mol. The highest BCUT2D eigenvalue weighted by molar-refractivity contribution is 5.90. The quantitative estimate of drug-likeness (QED) is 0.829. The van der Waals surface area contributed by atoms with Crippen molar-refractivity contribution < 1.29 is 4.79 Å². The summed E-state index contributed by atoms with van der Waals surface area (Å²) in [6.45, 7) is 6.02. The summed E-state index contributed by atoms with van der Waals surface area (Å²) >= 11 is 0. The van der Waals surface area contributed by atoms with Crippen LogP contribution in [0.15, 0.2) is 23.1 Å². The van der Waals surface area contributed by atoms with Crippen LogP contribution in [0, 0.1) is 5.41 Å². The Hall–Kier alpha value is -1.58. The molecule has 0 saturated carbocycles. The highest BCUT2D eigenvalue weighted by Gasteiger charge is 2.15. The maximum atomic E-state index is 11.6. The standard InChI is InChI=1S/C12H18N2O2/c1-12(2,3)7-10(15)13-9-5-6-11(16)14(4)8-9/h5-6,8H,7H2,1-4H3,(H,13,15). The van der Waals surface area contributed by atoms with E-state index in [-0.39, 0.29) is 16.9 Å². The van der Waals surface area contributed by atoms with E-state index in [9.17, 15) is 9.59 Å². The number of nitrogens with zero attached hydrogens (tertiary/aromatic N) is 1. The van der Waals surface area contributed by atoms with E-state index < -0.39 is 0 Å². The van der Waals surface area contributed by atoms with Gasteiger partial charge in [-0.1, -0.05) is 20.8 Å². The molecule has 4 heteroatoms. The number of hydrogen-bond acceptors (Lipinski definition) is 2. The first-order valence-corrected chi connectivity index (χ1v) is 5.24. The van der Waals surface area contributed by atoms with Gasteiger partial charge >= 0.3 is 0 Å². The Morgan fingerprint density at radius 3 is 2.50 bits per heavy atom. The maximum Gasteiger partial charge on any atom is 0.250 e. The number of nitrogens with one attached hydrogen (secondary N) is 1. The Balaban J connectivity index is 2.71. The molecule has 0 bridgehead atoms. The van der Waals surface area contributed by atoms with Crippen LogP contribution in [0.25, 0.3) is 0 Å². The second-order valence-electron chi connectivity index (χ2n) is 5.15. The zero-order valence-corrected chi connectivity index (χ0v) is 10.2. The molecule has 0 aliphatic rings. The maximum absolute atomic E-state index is 11.6. The third kappa shape index (κ3) is 3.88. The van der Waals surface area contributed by atoms with Gasteiger partial charge in [-0.2, -0.15) is 0 Å². The molecular weight excluding hydrogens is 204 g/mol. The molecule has 0 radical (unpaired) electrons. The van der Waals surface area contributed by atoms with Crippen LogP contribution in [0.5, 0.6) is 0 Å². The van der Waals surface area contributed by atoms with E-state index in [1.165, 1.54) is 10.6 Å². The summed E-state index contributed by atoms with van der Waals surface area (Å²) in [5.74, 6) is -0.0360. The molecule has 1 N–H and O–H groups in total. The summed E-state index contributed by atoms with van der Waals surface area (Å²) in [5, 5.41) is 2.77. The topological polar surface area (TPSA) is 51.1 Å². The normalized spacial score (nSPS) is 11.2. The van der Waals surface area contributed by atoms with Gasteiger partial charge in [0, 0.05) is 25.7 Å². The molecule has 0 spiro atoms. The number of carbonyl (C=O) groups excluding carboxylic acids is 1. The van der Waals surface area contributed by atoms with Crippen molar-refractivity contribution in [2.75, 3.05) is 5.32 Å². The van der Waals surface area contributed by atoms with Gasteiger partial charge in [-0.3, -0.25) is 9.59 Å². The lowest BCUT2D eigenvalue weighted by Gasteiger charge is -2.17. The second kappa shape index (κ2) is 4.51. The minimum Gasteiger partial charge on any atom is -0.325 e. The molecule has 0 aliphatic heterocycles. The monoisotopic (exact) mass is 222 g/mol. The predicted molar refractivity (Wildman–Crippen MR) is 64.4 cm³/mol. The lowest BCUT2D eigenvalue weighted by atomic mass is 9.92. The lowest BCUT2D eigenvalue weighted by Crippen LogP contribution is -2.21. The van der Waals surface area contributed by atoms with Gasteiger partial charge in [0.2, 0.25) is 11.5 Å². The number of pyridine rings is 1. The molecule has 0 fully saturated rings. The Morgan fingerprint density at radius 2 is 2.00 bits per heavy atom. The first-order chi connectivity index (χ1) is 7.28. The minimum atomic E-state index is -0.0891. The summed E-state index contributed by atoms with van der Waals surface area (Å²) in [4.78, 5) is 22.8. The van der Waals surface area contributed by atoms with Gasteiger partial charge in [-0.15, -0.1) is 0 Å². The molecule has 16 heavy (non-hydrogen) atoms. The molecule has 1 rings (SSSR count). The van der Waals surface area contributed by atoms with Crippen molar-refractivity contribution in [1.82, 2.24) is 4.57 Å². The van der Waals surface area contributed by atoms with Crippen LogP contribution in [0.4, 0.5) is 5.69 Å². The smallest absolute Gasteiger partial charge is 0.250 e. The number of carbonyl (C=O) groups is 1. The molecule has 4 nitrogen and oxygen atoms in total. The van der Waals surface area contributed by atoms with Crippen molar-refractivity contribution in [3.8, 4) is 0 Å². The SMILES string of the molecule is Cn1cc(NC(=O)CC(C)(C)C)ccc1=O. The summed E-state index contributed by atoms with van der Waals surface area (Å²) in [6.07, 6.45) is 2.07. The highest BCUT2D eigenvalue weighted by Crippen LogP contribution is 2.19. The fraction of sp³-hybridized carbons (Fsp3) is 0.500. The molecule has 1 aromatic heterocycles. The Bertz CT molecular complexity index is 441. The first-order valence-electron chi connectivity index (χ1n) is 5.24. The average Bonchev–Trinajstić information content (AvgIpc) is 2.08. The minimum absolute atomic E-state index is 0.0360. The number of amides is 1. The van der Waals surface area contributed by atoms with Crippen LogP contribution in [0.3, 0.4) is 0 Å². The molecule has 0 aliphatic carbocycles. The third-order valence-electron chi connectivity index (χ3n) is 2.06. The molecular formula is C12H18N2O2. The fourth-order valence-electron chi connectivity index (χ4n) is 1.35. The summed E-state index contributed by atoms with van der Waals surface area (Å²) < 4.78 is 1.44. The van der Waals surface area contributed by atoms with Gasteiger partial charge in [0.15, 0.2) is 0 Å². The van der Waals surface area contributed by atoms with Crippen LogP contribution >= 0.6 is 0 Å². The highest BCUT2D eigenvalue weighted by atomic mass is 16.1. The van der Waals surface area contributed by atoms with Crippen LogP contribution in [0.1, 0.15) is 27.2 Å². The molecule has 0 unspecified atom stereocenters. The fourth-order valence-corrected chi connectivity index (χ4v) is 1.35. The molecule has 1 aromatic rings. The Kier molecular flexibility index (Phi) is 3.52. The van der Waals surface area contributed by atoms with Crippen molar-refractivity contribution in [3.63, 3.8) is 0 Å². The van der Waals surface area contributed by atoms with Crippen molar-refractivity contribution in [3.05, 3.63) is 28.7 Å². The Morgan fingerprint density at radius 1 is 1.38 bits per heavy atom. The predicted octanol–water partition coefficient (Wildman–Crippen LogP) is 1.76. The van der Waals surface area contributed by atoms with Crippen LogP contribution in [0.2, 0.25) is 0 Å². The van der Waals surface area contributed by atoms with E-state index in [1.807, 2.05) is 20.8 Å². The molecule has 0 saturated heterocycles. The number of anilines is 1. The van der Waals surface area contributed by atoms with Crippen LogP contribution < -0.4 is 10.9 Å². The zero-order valence-electron chi connectivity index (χ0n) is 10.2. The van der Waals surface area contributed by atoms with E-state index in [0.29, 0.717) is 12.1 Å². The molecule has 88 valence electrons. The number of aromatic nitrogens is 1. The molecule has 1 amide bonds. The molecule has 0 atom stereocenters. The van der Waals surface area contributed by atoms with Crippen molar-refractivity contribution in [2.24, 2.45) is 12.5 Å². The van der Waals surface area contributed by atoms with Crippen molar-refractivity contribution in [2.45, 2.75) is 27.2 Å². The lowest BCUT2D eigenvalue weighted by molar-refractivity contribution is -0.117. The van der Waals surface area contributed by atoms with Gasteiger partial charge < -0.3 is 9.88 Å². The second-order valence-corrected chi connectivity index (χ2v) is 5.15. The van der Waals surface area contributed by atoms with E-state index >= 15 is 0 Å². The largest absolute Gasteiger partial charge is 0.325 e. The summed E-state index contributed by atoms with van der Waals surface area (Å²) in [6, 6.07) is 3.05. The molecule has 1 heterocycles. The third-order valence-corrected chi connectivity index (χ3v) is 2.06. The number of aryl methyl sites for hydroxylation is 1. The zero-order chi connectivity index (χ0) is 12.3. The van der Waals surface area contributed by atoms with E-state index in [0.717, 1.165) is 0 Å². The molecule has 0 aromatic carbocycles. The van der Waals surface area contributed by atoms with Gasteiger partial charge in [-0.25, -0.2) is 0 Å². The van der Waals surface area contributed by atoms with Crippen molar-refractivity contribution >= 4 is 11.6 Å². The number of rotatable bonds is 2. The van der Waals surface area contributed by atoms with Gasteiger partial charge in [-0.05, 0) is 11.5 Å². The van der Waals surface area contributed by atoms with Gasteiger partial charge in [0.1, 0.15) is 0 Å². The van der Waals surface area contributed by atoms with Crippen LogP contribution in [-0.4, -0.2) is 10.5 Å². The van der Waals surface area contributed by atoms with Crippen LogP contribution in [-0.2, 0) is 11.8 Å². The van der Waals surface area contributed by atoms with E-state index in [4.69, 9.17) is 0 Å². The summed E-state index contributed by atoms with van der Waals surface area (Å²) in [7, 11) is 1.65. The van der Waals surface area contributed by atoms with Gasteiger partial charge in [0.25, 0.3) is 0 Å². The van der Waals surface area contributed by atoms with Gasteiger partial charge in [0.05, 0.1) is 5.69 Å². The summed E-state index contributed by atoms with van der Waals surface area (Å²) in [5.41, 5.74) is 0.523. The van der Waals surface area contributed by atoms with E-state index in [1.54, 1.807) is 19.3 Å². The first kappa shape index (κ1) is 12.5. The number of hydrogen-bond donors (Lipinski definition) is 1.